The summed E-state index contributed by atoms with van der Waals surface area (Å²) >= 11 is 0. The normalized spacial score (nSPS) is 15.0. The molecule has 6 heteroatoms. The maximum atomic E-state index is 13.0. The second kappa shape index (κ2) is 9.26. The molecule has 0 spiro atoms. The third-order valence-electron chi connectivity index (χ3n) is 4.83. The van der Waals surface area contributed by atoms with E-state index in [1.165, 1.54) is 12.1 Å². The van der Waals surface area contributed by atoms with E-state index in [1.807, 2.05) is 37.4 Å². The molecule has 0 aromatic heterocycles. The van der Waals surface area contributed by atoms with Crippen LogP contribution >= 0.6 is 0 Å². The van der Waals surface area contributed by atoms with Gasteiger partial charge in [0.2, 0.25) is 0 Å². The fourth-order valence-corrected chi connectivity index (χ4v) is 3.35. The second-order valence-electron chi connectivity index (χ2n) is 6.50. The van der Waals surface area contributed by atoms with Gasteiger partial charge >= 0.3 is 0 Å². The van der Waals surface area contributed by atoms with Crippen LogP contribution in [0.2, 0.25) is 0 Å². The molecule has 0 saturated carbocycles. The number of aliphatic imine (C=N–C) groups is 1. The van der Waals surface area contributed by atoms with Crippen molar-refractivity contribution in [3.8, 4) is 5.75 Å². The minimum atomic E-state index is -0.199. The number of para-hydroxylation sites is 2. The third-order valence-corrected chi connectivity index (χ3v) is 4.83. The summed E-state index contributed by atoms with van der Waals surface area (Å²) in [5.41, 5.74) is 2.25. The molecular weight excluding hydrogens is 343 g/mol. The molecule has 0 aliphatic carbocycles. The van der Waals surface area contributed by atoms with E-state index in [4.69, 9.17) is 4.74 Å². The van der Waals surface area contributed by atoms with Crippen molar-refractivity contribution in [2.24, 2.45) is 4.99 Å². The van der Waals surface area contributed by atoms with Crippen molar-refractivity contribution in [3.63, 3.8) is 0 Å². The van der Waals surface area contributed by atoms with E-state index in [-0.39, 0.29) is 5.82 Å². The van der Waals surface area contributed by atoms with Gasteiger partial charge in [-0.2, -0.15) is 0 Å². The molecule has 1 aliphatic rings. The zero-order valence-electron chi connectivity index (χ0n) is 16.0. The maximum absolute atomic E-state index is 13.0. The van der Waals surface area contributed by atoms with Crippen LogP contribution in [0.1, 0.15) is 5.56 Å². The van der Waals surface area contributed by atoms with Crippen molar-refractivity contribution in [3.05, 3.63) is 59.9 Å². The molecule has 2 aromatic rings. The van der Waals surface area contributed by atoms with Gasteiger partial charge in [-0.3, -0.25) is 4.99 Å². The highest BCUT2D eigenvalue weighted by molar-refractivity contribution is 5.80. The van der Waals surface area contributed by atoms with Crippen LogP contribution in [0.25, 0.3) is 0 Å². The molecule has 2 aromatic carbocycles. The van der Waals surface area contributed by atoms with E-state index >= 15 is 0 Å². The first-order chi connectivity index (χ1) is 13.2. The van der Waals surface area contributed by atoms with Crippen LogP contribution in [-0.4, -0.2) is 57.7 Å². The number of hydrogen-bond donors (Lipinski definition) is 1. The third kappa shape index (κ3) is 4.90. The number of methoxy groups -OCH3 is 1. The van der Waals surface area contributed by atoms with Gasteiger partial charge in [-0.1, -0.05) is 24.3 Å². The summed E-state index contributed by atoms with van der Waals surface area (Å²) in [6.07, 6.45) is 0.834. The summed E-state index contributed by atoms with van der Waals surface area (Å²) in [5.74, 6) is 1.62. The van der Waals surface area contributed by atoms with Crippen LogP contribution < -0.4 is 15.0 Å². The molecular formula is C21H27FN4O. The highest BCUT2D eigenvalue weighted by atomic mass is 19.1. The summed E-state index contributed by atoms with van der Waals surface area (Å²) in [5, 5.41) is 3.42. The van der Waals surface area contributed by atoms with Gasteiger partial charge in [0, 0.05) is 39.8 Å². The maximum Gasteiger partial charge on any atom is 0.193 e. The average molecular weight is 370 g/mol. The summed E-state index contributed by atoms with van der Waals surface area (Å²) in [6, 6.07) is 14.8. The molecule has 0 unspecified atom stereocenters. The Balaban J connectivity index is 1.50. The summed E-state index contributed by atoms with van der Waals surface area (Å²) in [7, 11) is 3.52. The Bertz CT molecular complexity index is 755. The van der Waals surface area contributed by atoms with Crippen molar-refractivity contribution in [1.82, 2.24) is 10.2 Å². The topological polar surface area (TPSA) is 40.1 Å². The monoisotopic (exact) mass is 370 g/mol. The minimum Gasteiger partial charge on any atom is -0.495 e. The molecule has 1 fully saturated rings. The lowest BCUT2D eigenvalue weighted by atomic mass is 10.1. The number of ether oxygens (including phenoxy) is 1. The van der Waals surface area contributed by atoms with Gasteiger partial charge in [0.05, 0.1) is 12.8 Å². The largest absolute Gasteiger partial charge is 0.495 e. The van der Waals surface area contributed by atoms with Crippen LogP contribution in [0.4, 0.5) is 10.1 Å². The Labute approximate surface area is 160 Å². The van der Waals surface area contributed by atoms with Crippen LogP contribution in [0.3, 0.4) is 0 Å². The fraction of sp³-hybridized carbons (Fsp3) is 0.381. The van der Waals surface area contributed by atoms with Gasteiger partial charge < -0.3 is 19.9 Å². The number of nitrogens with one attached hydrogen (secondary N) is 1. The average Bonchev–Trinajstić information content (AvgIpc) is 2.73. The van der Waals surface area contributed by atoms with Crippen molar-refractivity contribution >= 4 is 11.6 Å². The molecule has 0 bridgehead atoms. The van der Waals surface area contributed by atoms with E-state index < -0.39 is 0 Å². The number of anilines is 1. The van der Waals surface area contributed by atoms with E-state index in [1.54, 1.807) is 7.11 Å². The molecule has 1 aliphatic heterocycles. The molecule has 5 nitrogen and oxygen atoms in total. The lowest BCUT2D eigenvalue weighted by molar-refractivity contribution is 0.367. The first kappa shape index (κ1) is 19.0. The molecule has 1 saturated heterocycles. The zero-order chi connectivity index (χ0) is 19.1. The predicted octanol–water partition coefficient (Wildman–Crippen LogP) is 2.77. The Hall–Kier alpha value is -2.76. The number of piperazine rings is 1. The van der Waals surface area contributed by atoms with Crippen molar-refractivity contribution in [2.75, 3.05) is 51.8 Å². The van der Waals surface area contributed by atoms with Crippen LogP contribution in [0.15, 0.2) is 53.5 Å². The standard InChI is InChI=1S/C21H27FN4O/c1-23-21(24-12-11-17-7-9-18(22)10-8-17)26-15-13-25(14-16-26)19-5-3-4-6-20(19)27-2/h3-10H,11-16H2,1-2H3,(H,23,24). The second-order valence-corrected chi connectivity index (χ2v) is 6.50. The van der Waals surface area contributed by atoms with Crippen molar-refractivity contribution in [2.45, 2.75) is 6.42 Å². The molecule has 1 N–H and O–H groups in total. The number of hydrogen-bond acceptors (Lipinski definition) is 3. The van der Waals surface area contributed by atoms with E-state index in [9.17, 15) is 4.39 Å². The summed E-state index contributed by atoms with van der Waals surface area (Å²) in [4.78, 5) is 9.04. The molecule has 1 heterocycles. The molecule has 3 rings (SSSR count). The minimum absolute atomic E-state index is 0.199. The van der Waals surface area contributed by atoms with Crippen molar-refractivity contribution < 1.29 is 9.13 Å². The van der Waals surface area contributed by atoms with E-state index in [2.05, 4.69) is 26.2 Å². The summed E-state index contributed by atoms with van der Waals surface area (Å²) < 4.78 is 18.5. The lowest BCUT2D eigenvalue weighted by Crippen LogP contribution is -2.52. The SMILES string of the molecule is CN=C(NCCc1ccc(F)cc1)N1CCN(c2ccccc2OC)CC1. The van der Waals surface area contributed by atoms with Gasteiger partial charge in [-0.15, -0.1) is 0 Å². The number of nitrogens with zero attached hydrogens (tertiary/aromatic N) is 3. The number of halogens is 1. The smallest absolute Gasteiger partial charge is 0.193 e. The number of rotatable bonds is 5. The first-order valence-corrected chi connectivity index (χ1v) is 9.29. The highest BCUT2D eigenvalue weighted by Gasteiger charge is 2.21. The van der Waals surface area contributed by atoms with Gasteiger partial charge in [0.1, 0.15) is 11.6 Å². The highest BCUT2D eigenvalue weighted by Crippen LogP contribution is 2.28. The molecule has 0 radical (unpaired) electrons. The first-order valence-electron chi connectivity index (χ1n) is 9.29. The van der Waals surface area contributed by atoms with Gasteiger partial charge in [0.25, 0.3) is 0 Å². The van der Waals surface area contributed by atoms with Gasteiger partial charge in [-0.25, -0.2) is 4.39 Å². The Morgan fingerprint density at radius 3 is 2.44 bits per heavy atom. The van der Waals surface area contributed by atoms with Crippen LogP contribution in [-0.2, 0) is 6.42 Å². The Morgan fingerprint density at radius 2 is 1.78 bits per heavy atom. The van der Waals surface area contributed by atoms with E-state index in [0.717, 1.165) is 62.1 Å². The number of benzene rings is 2. The van der Waals surface area contributed by atoms with Crippen LogP contribution in [0.5, 0.6) is 5.75 Å². The summed E-state index contributed by atoms with van der Waals surface area (Å²) in [6.45, 7) is 4.39. The Morgan fingerprint density at radius 1 is 1.07 bits per heavy atom. The molecule has 0 amide bonds. The predicted molar refractivity (Wildman–Crippen MR) is 108 cm³/mol. The quantitative estimate of drug-likeness (QED) is 0.649. The van der Waals surface area contributed by atoms with E-state index in [0.29, 0.717) is 0 Å². The zero-order valence-corrected chi connectivity index (χ0v) is 16.0. The van der Waals surface area contributed by atoms with Crippen molar-refractivity contribution in [1.29, 1.82) is 0 Å². The molecule has 144 valence electrons. The van der Waals surface area contributed by atoms with Gasteiger partial charge in [0.15, 0.2) is 5.96 Å². The lowest BCUT2D eigenvalue weighted by Gasteiger charge is -2.38. The Kier molecular flexibility index (Phi) is 6.52. The number of guanidine groups is 1. The van der Waals surface area contributed by atoms with Crippen LogP contribution in [0, 0.1) is 5.82 Å². The molecule has 0 atom stereocenters. The molecule has 27 heavy (non-hydrogen) atoms. The van der Waals surface area contributed by atoms with Gasteiger partial charge in [-0.05, 0) is 36.2 Å². The fourth-order valence-electron chi connectivity index (χ4n) is 3.35.